The smallest absolute Gasteiger partial charge is 0.326 e. The van der Waals surface area contributed by atoms with Gasteiger partial charge < -0.3 is 57.0 Å². The number of benzene rings is 2. The van der Waals surface area contributed by atoms with Crippen molar-refractivity contribution >= 4 is 59.1 Å². The van der Waals surface area contributed by atoms with E-state index in [2.05, 4.69) is 37.2 Å². The predicted octanol–water partition coefficient (Wildman–Crippen LogP) is 2.29. The van der Waals surface area contributed by atoms with E-state index in [1.807, 2.05) is 32.0 Å². The molecular weight excluding hydrogens is 1010 g/mol. The van der Waals surface area contributed by atoms with Crippen molar-refractivity contribution in [1.29, 1.82) is 0 Å². The summed E-state index contributed by atoms with van der Waals surface area (Å²) >= 11 is 0. The number of aliphatic carboxylic acids is 1. The second-order valence-corrected chi connectivity index (χ2v) is 22.6. The fourth-order valence-corrected chi connectivity index (χ4v) is 10.8. The molecule has 21 heteroatoms. The number of carbonyl (C=O) groups is 10. The summed E-state index contributed by atoms with van der Waals surface area (Å²) in [6, 6.07) is 7.86. The Balaban J connectivity index is 1.31. The summed E-state index contributed by atoms with van der Waals surface area (Å²) in [4.78, 5) is 147. The van der Waals surface area contributed by atoms with E-state index < -0.39 is 131 Å². The molecule has 8 N–H and O–H groups in total. The van der Waals surface area contributed by atoms with Crippen LogP contribution < -0.4 is 37.2 Å². The highest BCUT2D eigenvalue weighted by Gasteiger charge is 2.44. The predicted molar refractivity (Wildman–Crippen MR) is 294 cm³/mol. The lowest BCUT2D eigenvalue weighted by Crippen LogP contribution is -2.60. The highest BCUT2D eigenvalue weighted by Crippen LogP contribution is 2.26. The number of fused-ring (bicyclic) bond motifs is 2. The largest absolute Gasteiger partial charge is 0.480 e. The van der Waals surface area contributed by atoms with Gasteiger partial charge in [-0.05, 0) is 79.7 Å². The third kappa shape index (κ3) is 15.7. The van der Waals surface area contributed by atoms with Gasteiger partial charge in [0.25, 0.3) is 5.91 Å². The molecule has 6 rings (SSSR count). The Bertz CT molecular complexity index is 2560. The molecule has 9 amide bonds. The van der Waals surface area contributed by atoms with E-state index >= 15 is 4.79 Å². The molecule has 3 fully saturated rings. The van der Waals surface area contributed by atoms with Crippen LogP contribution in [0.3, 0.4) is 0 Å². The number of rotatable bonds is 18. The van der Waals surface area contributed by atoms with Crippen LogP contribution in [0.1, 0.15) is 118 Å². The Hall–Kier alpha value is -7.32. The standard InChI is InChI=1S/C58H82N10O11/c1-9-36(8)48(58(78)79)65-50(70)40(30-37-19-12-10-13-20-37)60-49(69)39(29-33(2)3)61-51(71)43-23-17-27-67(43)56(76)42-32-59-47(35(6)7)57(77)68-28-18-25-45(68)53(73)64-46(34(4)5)54(74)62-41(31-38-21-14-11-15-22-38)55(75)66-26-16-24-44(66)52(72)63-42/h10-15,19-22,32-36,39-41,43-48,59H,9,16-18,23-31H2,1-8H3,(H,60,69)(H,61,71)(H,62,74)(H,63,72)(H,64,73)(H,65,70)(H,78,79). The third-order valence-electron chi connectivity index (χ3n) is 15.5. The molecule has 0 bridgehead atoms. The number of amides is 9. The molecule has 4 aliphatic rings. The Morgan fingerprint density at radius 3 is 1.80 bits per heavy atom. The molecule has 2 aromatic rings. The van der Waals surface area contributed by atoms with Crippen molar-refractivity contribution in [2.45, 2.75) is 174 Å². The molecule has 4 heterocycles. The van der Waals surface area contributed by atoms with E-state index in [1.165, 1.54) is 20.9 Å². The van der Waals surface area contributed by atoms with Gasteiger partial charge in [0.05, 0.1) is 0 Å². The van der Waals surface area contributed by atoms with E-state index in [-0.39, 0.29) is 63.4 Å². The minimum Gasteiger partial charge on any atom is -0.480 e. The molecular formula is C58H82N10O11. The van der Waals surface area contributed by atoms with Crippen molar-refractivity contribution in [3.8, 4) is 0 Å². The first-order chi connectivity index (χ1) is 37.6. The fourth-order valence-electron chi connectivity index (χ4n) is 10.8. The van der Waals surface area contributed by atoms with E-state index in [9.17, 15) is 48.3 Å². The van der Waals surface area contributed by atoms with Crippen LogP contribution in [0.15, 0.2) is 72.6 Å². The lowest BCUT2D eigenvalue weighted by atomic mass is 9.97. The minimum atomic E-state index is -1.23. The summed E-state index contributed by atoms with van der Waals surface area (Å²) in [6.45, 7) is 14.8. The molecule has 0 aliphatic carbocycles. The van der Waals surface area contributed by atoms with Gasteiger partial charge in [-0.15, -0.1) is 0 Å². The molecule has 4 aliphatic heterocycles. The van der Waals surface area contributed by atoms with Crippen LogP contribution in [0.25, 0.3) is 0 Å². The number of hydrogen-bond acceptors (Lipinski definition) is 11. The van der Waals surface area contributed by atoms with E-state index in [0.29, 0.717) is 37.7 Å². The maximum absolute atomic E-state index is 15.1. The Kier molecular flexibility index (Phi) is 21.6. The van der Waals surface area contributed by atoms with E-state index in [1.54, 1.807) is 84.0 Å². The SMILES string of the molecule is CCC(C)C(NC(=O)C(Cc1ccccc1)NC(=O)C(CC(C)C)NC(=O)C1CCCN1C(=O)C1=CNC(C(C)C)C(=O)N2CCCC2C(=O)NC(C(C)C)C(=O)NC(Cc2ccccc2)C(=O)N2CCCC2C(=O)N1)C(=O)O. The lowest BCUT2D eigenvalue weighted by molar-refractivity contribution is -0.144. The van der Waals surface area contributed by atoms with Gasteiger partial charge in [0.1, 0.15) is 60.1 Å². The molecule has 79 heavy (non-hydrogen) atoms. The lowest BCUT2D eigenvalue weighted by Gasteiger charge is -2.33. The van der Waals surface area contributed by atoms with Crippen LogP contribution in [-0.2, 0) is 60.8 Å². The number of nitrogens with one attached hydrogen (secondary N) is 7. The molecule has 10 unspecified atom stereocenters. The average molecular weight is 1100 g/mol. The number of carboxylic acids is 1. The van der Waals surface area contributed by atoms with Gasteiger partial charge in [0.15, 0.2) is 0 Å². The molecule has 0 aromatic heterocycles. The average Bonchev–Trinajstić information content (AvgIpc) is 4.25. The zero-order chi connectivity index (χ0) is 57.7. The second-order valence-electron chi connectivity index (χ2n) is 22.6. The third-order valence-corrected chi connectivity index (χ3v) is 15.5. The number of likely N-dealkylation sites (tertiary alicyclic amines) is 1. The van der Waals surface area contributed by atoms with Gasteiger partial charge in [0.2, 0.25) is 47.3 Å². The topological polar surface area (TPSA) is 285 Å². The molecule has 0 saturated carbocycles. The maximum Gasteiger partial charge on any atom is 0.326 e. The van der Waals surface area contributed by atoms with E-state index in [0.717, 1.165) is 5.56 Å². The quantitative estimate of drug-likeness (QED) is 0.107. The van der Waals surface area contributed by atoms with Crippen molar-refractivity contribution in [3.05, 3.63) is 83.7 Å². The second kappa shape index (κ2) is 28.0. The van der Waals surface area contributed by atoms with Gasteiger partial charge in [0, 0.05) is 38.7 Å². The van der Waals surface area contributed by atoms with Crippen LogP contribution in [-0.4, -0.2) is 153 Å². The van der Waals surface area contributed by atoms with Gasteiger partial charge in [-0.3, -0.25) is 43.2 Å². The summed E-state index contributed by atoms with van der Waals surface area (Å²) in [5.74, 6) is -8.32. The number of nitrogens with zero attached hydrogens (tertiary/aromatic N) is 3. The highest BCUT2D eigenvalue weighted by molar-refractivity contribution is 6.03. The molecule has 3 saturated heterocycles. The maximum atomic E-state index is 15.1. The Morgan fingerprint density at radius 2 is 1.22 bits per heavy atom. The molecule has 10 atom stereocenters. The normalized spacial score (nSPS) is 23.9. The van der Waals surface area contributed by atoms with Crippen molar-refractivity contribution in [1.82, 2.24) is 51.9 Å². The number of hydrogen-bond donors (Lipinski definition) is 8. The summed E-state index contributed by atoms with van der Waals surface area (Å²) in [5, 5.41) is 29.9. The van der Waals surface area contributed by atoms with Crippen molar-refractivity contribution in [2.24, 2.45) is 23.7 Å². The highest BCUT2D eigenvalue weighted by atomic mass is 16.4. The van der Waals surface area contributed by atoms with Crippen LogP contribution in [0.5, 0.6) is 0 Å². The molecule has 21 nitrogen and oxygen atoms in total. The first kappa shape index (κ1) is 60.9. The Labute approximate surface area is 463 Å². The summed E-state index contributed by atoms with van der Waals surface area (Å²) in [7, 11) is 0. The summed E-state index contributed by atoms with van der Waals surface area (Å²) < 4.78 is 0. The van der Waals surface area contributed by atoms with Gasteiger partial charge in [-0.2, -0.15) is 0 Å². The molecule has 0 radical (unpaired) electrons. The molecule has 0 spiro atoms. The number of carboxylic acid groups (broad SMARTS) is 1. The van der Waals surface area contributed by atoms with Gasteiger partial charge in [-0.25, -0.2) is 4.79 Å². The van der Waals surface area contributed by atoms with Crippen LogP contribution in [0.4, 0.5) is 0 Å². The van der Waals surface area contributed by atoms with Crippen molar-refractivity contribution < 1.29 is 53.1 Å². The number of carbonyl (C=O) groups excluding carboxylic acids is 9. The first-order valence-corrected chi connectivity index (χ1v) is 28.1. The van der Waals surface area contributed by atoms with Crippen molar-refractivity contribution in [3.63, 3.8) is 0 Å². The van der Waals surface area contributed by atoms with Crippen molar-refractivity contribution in [2.75, 3.05) is 19.6 Å². The van der Waals surface area contributed by atoms with Gasteiger partial charge >= 0.3 is 5.97 Å². The van der Waals surface area contributed by atoms with Crippen LogP contribution in [0.2, 0.25) is 0 Å². The first-order valence-electron chi connectivity index (χ1n) is 28.1. The Morgan fingerprint density at radius 1 is 0.646 bits per heavy atom. The molecule has 2 aromatic carbocycles. The summed E-state index contributed by atoms with van der Waals surface area (Å²) in [5.41, 5.74) is 1.10. The molecule has 430 valence electrons. The zero-order valence-corrected chi connectivity index (χ0v) is 46.9. The van der Waals surface area contributed by atoms with Crippen LogP contribution in [0, 0.1) is 23.7 Å². The zero-order valence-electron chi connectivity index (χ0n) is 46.9. The van der Waals surface area contributed by atoms with Crippen LogP contribution >= 0.6 is 0 Å². The minimum absolute atomic E-state index is 0.0148. The monoisotopic (exact) mass is 1090 g/mol. The van der Waals surface area contributed by atoms with Gasteiger partial charge in [-0.1, -0.05) is 122 Å². The summed E-state index contributed by atoms with van der Waals surface area (Å²) in [6.07, 6.45) is 3.91. The van der Waals surface area contributed by atoms with E-state index in [4.69, 9.17) is 0 Å². The fraction of sp³-hybridized carbons (Fsp3) is 0.586.